The topological polar surface area (TPSA) is 65.0 Å². The summed E-state index contributed by atoms with van der Waals surface area (Å²) < 4.78 is 16.5. The van der Waals surface area contributed by atoms with Crippen LogP contribution >= 0.6 is 0 Å². The van der Waals surface area contributed by atoms with Gasteiger partial charge in [0.1, 0.15) is 11.7 Å². The van der Waals surface area contributed by atoms with E-state index in [9.17, 15) is 9.90 Å². The summed E-state index contributed by atoms with van der Waals surface area (Å²) in [5.74, 6) is -0.258. The number of hydrogen-bond acceptors (Lipinski definition) is 4. The zero-order chi connectivity index (χ0) is 14.5. The number of rotatable bonds is 5. The second-order valence-corrected chi connectivity index (χ2v) is 4.91. The van der Waals surface area contributed by atoms with Crippen LogP contribution in [-0.2, 0) is 4.74 Å². The first kappa shape index (κ1) is 14.7. The van der Waals surface area contributed by atoms with E-state index in [1.807, 2.05) is 0 Å². The summed E-state index contributed by atoms with van der Waals surface area (Å²) in [7, 11) is 3.20. The average molecular weight is 280 g/mol. The molecular formula is C15H20O5. The molecule has 0 spiro atoms. The number of para-hydroxylation sites is 1. The monoisotopic (exact) mass is 280 g/mol. The fourth-order valence-electron chi connectivity index (χ4n) is 2.56. The zero-order valence-electron chi connectivity index (χ0n) is 11.8. The van der Waals surface area contributed by atoms with Crippen LogP contribution in [0.25, 0.3) is 0 Å². The van der Waals surface area contributed by atoms with Gasteiger partial charge in [-0.2, -0.15) is 0 Å². The van der Waals surface area contributed by atoms with E-state index in [1.54, 1.807) is 19.2 Å². The van der Waals surface area contributed by atoms with E-state index in [4.69, 9.17) is 14.2 Å². The fraction of sp³-hybridized carbons (Fsp3) is 0.533. The molecule has 0 bridgehead atoms. The number of benzene rings is 1. The summed E-state index contributed by atoms with van der Waals surface area (Å²) >= 11 is 0. The SMILES string of the molecule is COc1cccc(C(=O)O)c1OC1CCCC(OC)C1. The highest BCUT2D eigenvalue weighted by Crippen LogP contribution is 2.34. The first-order valence-corrected chi connectivity index (χ1v) is 6.75. The van der Waals surface area contributed by atoms with Gasteiger partial charge in [-0.25, -0.2) is 4.79 Å². The summed E-state index contributed by atoms with van der Waals surface area (Å²) in [6.07, 6.45) is 3.85. The van der Waals surface area contributed by atoms with Crippen LogP contribution in [0.2, 0.25) is 0 Å². The van der Waals surface area contributed by atoms with Gasteiger partial charge in [-0.1, -0.05) is 6.07 Å². The van der Waals surface area contributed by atoms with Gasteiger partial charge in [0, 0.05) is 13.5 Å². The van der Waals surface area contributed by atoms with Gasteiger partial charge in [0.25, 0.3) is 0 Å². The standard InChI is InChI=1S/C15H20O5/c1-18-10-5-3-6-11(9-10)20-14-12(15(16)17)7-4-8-13(14)19-2/h4,7-8,10-11H,3,5-6,9H2,1-2H3,(H,16,17). The highest BCUT2D eigenvalue weighted by atomic mass is 16.5. The molecule has 1 saturated carbocycles. The summed E-state index contributed by atoms with van der Waals surface area (Å²) in [5, 5.41) is 9.25. The predicted octanol–water partition coefficient (Wildman–Crippen LogP) is 2.73. The van der Waals surface area contributed by atoms with E-state index in [0.717, 1.165) is 25.7 Å². The maximum Gasteiger partial charge on any atom is 0.339 e. The quantitative estimate of drug-likeness (QED) is 0.898. The van der Waals surface area contributed by atoms with E-state index >= 15 is 0 Å². The van der Waals surface area contributed by atoms with Gasteiger partial charge in [-0.15, -0.1) is 0 Å². The van der Waals surface area contributed by atoms with Gasteiger partial charge in [0.15, 0.2) is 11.5 Å². The van der Waals surface area contributed by atoms with Crippen LogP contribution in [0.1, 0.15) is 36.0 Å². The van der Waals surface area contributed by atoms with Crippen LogP contribution in [0.5, 0.6) is 11.5 Å². The molecule has 1 aromatic rings. The summed E-state index contributed by atoms with van der Waals surface area (Å²) in [6.45, 7) is 0. The minimum absolute atomic E-state index is 0.0388. The van der Waals surface area contributed by atoms with E-state index in [2.05, 4.69) is 0 Å². The lowest BCUT2D eigenvalue weighted by Crippen LogP contribution is -2.30. The van der Waals surface area contributed by atoms with E-state index in [0.29, 0.717) is 11.5 Å². The Kier molecular flexibility index (Phi) is 4.84. The number of aromatic carboxylic acids is 1. The van der Waals surface area contributed by atoms with Crippen molar-refractivity contribution in [3.8, 4) is 11.5 Å². The summed E-state index contributed by atoms with van der Waals surface area (Å²) in [6, 6.07) is 4.88. The van der Waals surface area contributed by atoms with Crippen LogP contribution in [0.4, 0.5) is 0 Å². The van der Waals surface area contributed by atoms with Crippen molar-refractivity contribution in [2.24, 2.45) is 0 Å². The Bertz CT molecular complexity index is 471. The van der Waals surface area contributed by atoms with Crippen molar-refractivity contribution in [1.82, 2.24) is 0 Å². The molecule has 2 unspecified atom stereocenters. The molecule has 110 valence electrons. The Labute approximate surface area is 118 Å². The number of hydrogen-bond donors (Lipinski definition) is 1. The summed E-state index contributed by atoms with van der Waals surface area (Å²) in [4.78, 5) is 11.3. The summed E-state index contributed by atoms with van der Waals surface area (Å²) in [5.41, 5.74) is 0.129. The second kappa shape index (κ2) is 6.61. The fourth-order valence-corrected chi connectivity index (χ4v) is 2.56. The van der Waals surface area contributed by atoms with Crippen molar-refractivity contribution in [2.75, 3.05) is 14.2 Å². The van der Waals surface area contributed by atoms with E-state index in [-0.39, 0.29) is 17.8 Å². The van der Waals surface area contributed by atoms with Gasteiger partial charge in [0.05, 0.1) is 13.2 Å². The van der Waals surface area contributed by atoms with Crippen LogP contribution in [-0.4, -0.2) is 37.5 Å². The molecule has 1 N–H and O–H groups in total. The Hall–Kier alpha value is -1.75. The molecule has 0 amide bonds. The number of carboxylic acids is 1. The Balaban J connectivity index is 2.21. The molecule has 5 heteroatoms. The van der Waals surface area contributed by atoms with Crippen molar-refractivity contribution in [3.63, 3.8) is 0 Å². The number of ether oxygens (including phenoxy) is 3. The molecule has 0 aliphatic heterocycles. The molecule has 0 saturated heterocycles. The van der Waals surface area contributed by atoms with Crippen LogP contribution in [0, 0.1) is 0 Å². The normalized spacial score (nSPS) is 22.3. The van der Waals surface area contributed by atoms with Crippen molar-refractivity contribution in [2.45, 2.75) is 37.9 Å². The molecule has 2 atom stereocenters. The van der Waals surface area contributed by atoms with Crippen molar-refractivity contribution < 1.29 is 24.1 Å². The molecule has 2 rings (SSSR count). The first-order chi connectivity index (χ1) is 9.65. The van der Waals surface area contributed by atoms with Gasteiger partial charge in [-0.05, 0) is 31.4 Å². The third-order valence-corrected chi connectivity index (χ3v) is 3.63. The highest BCUT2D eigenvalue weighted by molar-refractivity contribution is 5.92. The molecule has 0 radical (unpaired) electrons. The van der Waals surface area contributed by atoms with Gasteiger partial charge in [0.2, 0.25) is 0 Å². The van der Waals surface area contributed by atoms with Gasteiger partial charge >= 0.3 is 5.97 Å². The minimum atomic E-state index is -1.02. The van der Waals surface area contributed by atoms with Crippen molar-refractivity contribution >= 4 is 5.97 Å². The molecule has 0 heterocycles. The molecule has 1 aliphatic rings. The number of carboxylic acid groups (broad SMARTS) is 1. The first-order valence-electron chi connectivity index (χ1n) is 6.75. The third-order valence-electron chi connectivity index (χ3n) is 3.63. The lowest BCUT2D eigenvalue weighted by molar-refractivity contribution is 0.0196. The molecular weight excluding hydrogens is 260 g/mol. The van der Waals surface area contributed by atoms with Crippen molar-refractivity contribution in [3.05, 3.63) is 23.8 Å². The molecule has 5 nitrogen and oxygen atoms in total. The highest BCUT2D eigenvalue weighted by Gasteiger charge is 2.26. The maximum absolute atomic E-state index is 11.3. The largest absolute Gasteiger partial charge is 0.493 e. The molecule has 0 aromatic heterocycles. The second-order valence-electron chi connectivity index (χ2n) is 4.91. The van der Waals surface area contributed by atoms with E-state index in [1.165, 1.54) is 13.2 Å². The Morgan fingerprint density at radius 1 is 1.25 bits per heavy atom. The number of carbonyl (C=O) groups is 1. The lowest BCUT2D eigenvalue weighted by atomic mass is 9.95. The average Bonchev–Trinajstić information content (AvgIpc) is 2.47. The predicted molar refractivity (Wildman–Crippen MR) is 73.6 cm³/mol. The Morgan fingerprint density at radius 3 is 2.65 bits per heavy atom. The smallest absolute Gasteiger partial charge is 0.339 e. The molecule has 1 aliphatic carbocycles. The van der Waals surface area contributed by atoms with Crippen molar-refractivity contribution in [1.29, 1.82) is 0 Å². The lowest BCUT2D eigenvalue weighted by Gasteiger charge is -2.29. The van der Waals surface area contributed by atoms with Gasteiger partial charge in [-0.3, -0.25) is 0 Å². The number of methoxy groups -OCH3 is 2. The van der Waals surface area contributed by atoms with Crippen LogP contribution in [0.15, 0.2) is 18.2 Å². The molecule has 20 heavy (non-hydrogen) atoms. The molecule has 1 fully saturated rings. The van der Waals surface area contributed by atoms with Crippen LogP contribution in [0.3, 0.4) is 0 Å². The zero-order valence-corrected chi connectivity index (χ0v) is 11.8. The van der Waals surface area contributed by atoms with E-state index < -0.39 is 5.97 Å². The maximum atomic E-state index is 11.3. The Morgan fingerprint density at radius 2 is 2.00 bits per heavy atom. The molecule has 1 aromatic carbocycles. The minimum Gasteiger partial charge on any atom is -0.493 e. The van der Waals surface area contributed by atoms with Gasteiger partial charge < -0.3 is 19.3 Å². The van der Waals surface area contributed by atoms with Crippen LogP contribution < -0.4 is 9.47 Å². The third kappa shape index (κ3) is 3.22.